The number of ether oxygens (including phenoxy) is 1. The van der Waals surface area contributed by atoms with Gasteiger partial charge >= 0.3 is 0 Å². The van der Waals surface area contributed by atoms with Crippen LogP contribution in [0.15, 0.2) is 23.8 Å². The van der Waals surface area contributed by atoms with Gasteiger partial charge in [0.25, 0.3) is 23.6 Å². The third-order valence-electron chi connectivity index (χ3n) is 7.60. The number of benzene rings is 1. The number of carbonyl (C=O) groups is 4. The normalized spacial score (nSPS) is 36.2. The Morgan fingerprint density at radius 2 is 1.86 bits per heavy atom. The number of methoxy groups -OCH3 is 1. The molecule has 2 saturated heterocycles. The van der Waals surface area contributed by atoms with Crippen LogP contribution in [0.1, 0.15) is 24.3 Å². The van der Waals surface area contributed by atoms with Crippen LogP contribution in [0, 0.1) is 21.3 Å². The number of allylic oxidation sites excluding steroid dienone is 2. The van der Waals surface area contributed by atoms with E-state index in [1.807, 2.05) is 22.6 Å². The van der Waals surface area contributed by atoms with E-state index in [2.05, 4.69) is 15.9 Å². The van der Waals surface area contributed by atoms with Crippen molar-refractivity contribution < 1.29 is 34.2 Å². The number of imide groups is 2. The molecule has 0 bridgehead atoms. The topological polar surface area (TPSA) is 124 Å². The number of hydroxylamine groups is 2. The second-order valence-corrected chi connectivity index (χ2v) is 11.9. The summed E-state index contributed by atoms with van der Waals surface area (Å²) in [4.78, 5) is 49.6. The highest BCUT2D eigenvalue weighted by atomic mass is 127. The van der Waals surface area contributed by atoms with Crippen molar-refractivity contribution in [1.29, 1.82) is 0 Å². The molecule has 1 aromatic rings. The first-order chi connectivity index (χ1) is 16.4. The largest absolute Gasteiger partial charge is 0.504 e. The molecular weight excluding hydrogens is 682 g/mol. The van der Waals surface area contributed by atoms with Gasteiger partial charge in [-0.25, -0.2) is 0 Å². The Morgan fingerprint density at radius 3 is 2.49 bits per heavy atom. The summed E-state index contributed by atoms with van der Waals surface area (Å²) in [5.74, 6) is -6.34. The zero-order valence-corrected chi connectivity index (χ0v) is 23.3. The molecule has 1 aromatic carbocycles. The lowest BCUT2D eigenvalue weighted by atomic mass is 9.56. The summed E-state index contributed by atoms with van der Waals surface area (Å²) in [5.41, 5.74) is 0.901. The van der Waals surface area contributed by atoms with E-state index in [1.165, 1.54) is 13.2 Å². The van der Waals surface area contributed by atoms with Gasteiger partial charge in [0.1, 0.15) is 0 Å². The molecule has 2 aliphatic carbocycles. The number of rotatable bonds is 3. The van der Waals surface area contributed by atoms with Crippen molar-refractivity contribution in [2.45, 2.75) is 28.5 Å². The van der Waals surface area contributed by atoms with Crippen molar-refractivity contribution in [1.82, 2.24) is 9.96 Å². The van der Waals surface area contributed by atoms with Gasteiger partial charge in [-0.15, -0.1) is 23.2 Å². The first-order valence-corrected chi connectivity index (χ1v) is 13.5. The highest BCUT2D eigenvalue weighted by Crippen LogP contribution is 2.65. The fourth-order valence-corrected chi connectivity index (χ4v) is 8.08. The minimum atomic E-state index is -1.95. The lowest BCUT2D eigenvalue weighted by Crippen LogP contribution is -2.60. The lowest BCUT2D eigenvalue weighted by molar-refractivity contribution is -0.173. The fourth-order valence-electron chi connectivity index (χ4n) is 6.03. The Kier molecular flexibility index (Phi) is 5.99. The predicted octanol–water partition coefficient (Wildman–Crippen LogP) is 3.11. The van der Waals surface area contributed by atoms with Crippen LogP contribution in [-0.4, -0.2) is 66.2 Å². The first-order valence-electron chi connectivity index (χ1n) is 10.6. The number of aromatic hydroxyl groups is 1. The molecule has 3 fully saturated rings. The van der Waals surface area contributed by atoms with Gasteiger partial charge in [0.2, 0.25) is 0 Å². The molecule has 35 heavy (non-hydrogen) atoms. The molecule has 6 atom stereocenters. The maximum atomic E-state index is 13.6. The average Bonchev–Trinajstić information content (AvgIpc) is 3.13. The summed E-state index contributed by atoms with van der Waals surface area (Å²) in [6, 6.07) is 3.14. The van der Waals surface area contributed by atoms with E-state index < -0.39 is 57.0 Å². The maximum absolute atomic E-state index is 13.6. The summed E-state index contributed by atoms with van der Waals surface area (Å²) in [6.07, 6.45) is 1.73. The quantitative estimate of drug-likeness (QED) is 0.124. The number of amides is 4. The molecular formula is C22H18BrCl2IN2O7. The Hall–Kier alpha value is -1.41. The highest BCUT2D eigenvalue weighted by molar-refractivity contribution is 14.1. The number of hydrogen-bond acceptors (Lipinski definition) is 7. The highest BCUT2D eigenvalue weighted by Gasteiger charge is 2.76. The van der Waals surface area contributed by atoms with E-state index in [1.54, 1.807) is 12.1 Å². The number of fused-ring (bicyclic) bond motifs is 4. The lowest BCUT2D eigenvalue weighted by Gasteiger charge is -2.50. The van der Waals surface area contributed by atoms with Crippen LogP contribution in [0.5, 0.6) is 11.5 Å². The Morgan fingerprint density at radius 1 is 1.17 bits per heavy atom. The molecule has 9 nitrogen and oxygen atoms in total. The van der Waals surface area contributed by atoms with Crippen LogP contribution in [0.2, 0.25) is 0 Å². The Balaban J connectivity index is 1.78. The zero-order valence-electron chi connectivity index (χ0n) is 18.0. The van der Waals surface area contributed by atoms with Crippen molar-refractivity contribution in [3.63, 3.8) is 0 Å². The fraction of sp³-hybridized carbons (Fsp3) is 0.455. The summed E-state index contributed by atoms with van der Waals surface area (Å²) < 4.78 is 5.72. The average molecular weight is 700 g/mol. The molecule has 0 unspecified atom stereocenters. The third-order valence-corrected chi connectivity index (χ3v) is 10.3. The number of carbonyl (C=O) groups excluding carboxylic acids is 4. The zero-order chi connectivity index (χ0) is 25.6. The third kappa shape index (κ3) is 3.07. The summed E-state index contributed by atoms with van der Waals surface area (Å²) in [6.45, 7) is 0. The van der Waals surface area contributed by atoms with Gasteiger partial charge in [0, 0.05) is 5.92 Å². The molecule has 0 radical (unpaired) electrons. The number of halogens is 4. The van der Waals surface area contributed by atoms with Gasteiger partial charge in [-0.3, -0.25) is 29.3 Å². The molecule has 13 heteroatoms. The van der Waals surface area contributed by atoms with Gasteiger partial charge in [-0.2, -0.15) is 5.06 Å². The number of phenols is 1. The second-order valence-electron chi connectivity index (χ2n) is 9.03. The number of likely N-dealkylation sites (tertiary alicyclic amines) is 1. The van der Waals surface area contributed by atoms with Crippen LogP contribution < -0.4 is 4.74 Å². The van der Waals surface area contributed by atoms with E-state index >= 15 is 0 Å². The molecule has 0 aromatic heterocycles. The second kappa shape index (κ2) is 8.30. The van der Waals surface area contributed by atoms with E-state index in [-0.39, 0.29) is 34.9 Å². The van der Waals surface area contributed by atoms with Crippen molar-refractivity contribution in [3.05, 3.63) is 32.9 Å². The van der Waals surface area contributed by atoms with Crippen LogP contribution in [0.25, 0.3) is 0 Å². The van der Waals surface area contributed by atoms with E-state index in [0.29, 0.717) is 14.7 Å². The molecule has 4 amide bonds. The van der Waals surface area contributed by atoms with Crippen LogP contribution >= 0.6 is 61.7 Å². The molecule has 2 heterocycles. The van der Waals surface area contributed by atoms with E-state index in [4.69, 9.17) is 27.9 Å². The molecule has 2 N–H and O–H groups in total. The van der Waals surface area contributed by atoms with E-state index in [0.717, 1.165) is 4.90 Å². The van der Waals surface area contributed by atoms with Crippen molar-refractivity contribution in [3.8, 4) is 11.5 Å². The molecule has 0 spiro atoms. The molecule has 2 aliphatic heterocycles. The van der Waals surface area contributed by atoms with E-state index in [9.17, 15) is 29.5 Å². The van der Waals surface area contributed by atoms with Gasteiger partial charge in [-0.05, 0) is 59.0 Å². The van der Waals surface area contributed by atoms with Crippen molar-refractivity contribution >= 4 is 85.4 Å². The number of nitrogens with zero attached hydrogens (tertiary/aromatic N) is 2. The van der Waals surface area contributed by atoms with Gasteiger partial charge < -0.3 is 9.84 Å². The van der Waals surface area contributed by atoms with Crippen molar-refractivity contribution in [2.24, 2.45) is 17.8 Å². The van der Waals surface area contributed by atoms with Gasteiger partial charge in [-0.1, -0.05) is 27.6 Å². The monoisotopic (exact) mass is 698 g/mol. The van der Waals surface area contributed by atoms with Gasteiger partial charge in [0.15, 0.2) is 21.2 Å². The SMILES string of the molecule is COc1cc([C@H]2C3=CC[C@@H]4C(=O)N(O)C(=O)[C@@H]4[C@@H]3C[C@@]3(Cl)C(=O)N(CBr)C(=O)[C@@]23Cl)cc(I)c1O. The number of alkyl halides is 3. The predicted molar refractivity (Wildman–Crippen MR) is 134 cm³/mol. The number of phenolic OH excluding ortho intramolecular Hbond substituents is 1. The minimum Gasteiger partial charge on any atom is -0.504 e. The summed E-state index contributed by atoms with van der Waals surface area (Å²) >= 11 is 19.2. The maximum Gasteiger partial charge on any atom is 0.257 e. The Labute approximate surface area is 231 Å². The summed E-state index contributed by atoms with van der Waals surface area (Å²) in [5, 5.41) is 20.6. The van der Waals surface area contributed by atoms with Crippen molar-refractivity contribution in [2.75, 3.05) is 12.6 Å². The van der Waals surface area contributed by atoms with Crippen LogP contribution in [-0.2, 0) is 19.2 Å². The molecule has 1 saturated carbocycles. The smallest absolute Gasteiger partial charge is 0.257 e. The van der Waals surface area contributed by atoms with Crippen LogP contribution in [0.3, 0.4) is 0 Å². The van der Waals surface area contributed by atoms with Crippen LogP contribution in [0.4, 0.5) is 0 Å². The molecule has 5 rings (SSSR count). The number of hydrogen-bond donors (Lipinski definition) is 2. The Bertz CT molecular complexity index is 1240. The first kappa shape index (κ1) is 25.2. The molecule has 186 valence electrons. The summed E-state index contributed by atoms with van der Waals surface area (Å²) in [7, 11) is 1.38. The standard InChI is InChI=1S/C22H18BrCl2IN2O7/c1-35-13-5-8(4-12(26)16(13)29)15-9-2-3-10-14(18(31)28(34)17(10)30)11(9)6-21(24)19(32)27(7-23)20(33)22(15,21)25/h2,4-5,10-11,14-15,29,34H,3,6-7H2,1H3/t10-,11+,14-,15-,21+,22-/m0/s1. The van der Waals surface area contributed by atoms with Gasteiger partial charge in [0.05, 0.1) is 28.0 Å². The minimum absolute atomic E-state index is 0.106. The molecule has 4 aliphatic rings.